The quantitative estimate of drug-likeness (QED) is 0.488. The molecule has 72 valence electrons. The first-order chi connectivity index (χ1) is 6.27. The zero-order chi connectivity index (χ0) is 9.68. The fourth-order valence-electron chi connectivity index (χ4n) is 1.65. The normalized spacial score (nSPS) is 21.2. The summed E-state index contributed by atoms with van der Waals surface area (Å²) in [5, 5.41) is 0. The van der Waals surface area contributed by atoms with E-state index in [4.69, 9.17) is 0 Å². The second-order valence-corrected chi connectivity index (χ2v) is 3.08. The van der Waals surface area contributed by atoms with Crippen molar-refractivity contribution in [2.45, 2.75) is 25.3 Å². The van der Waals surface area contributed by atoms with E-state index in [1.165, 1.54) is 6.26 Å². The summed E-state index contributed by atoms with van der Waals surface area (Å²) >= 11 is 0. The van der Waals surface area contributed by atoms with E-state index in [9.17, 15) is 4.79 Å². The molecular weight excluding hydrogens is 166 g/mol. The molecule has 1 unspecified atom stereocenters. The van der Waals surface area contributed by atoms with Gasteiger partial charge in [-0.3, -0.25) is 4.79 Å². The predicted octanol–water partition coefficient (Wildman–Crippen LogP) is 1.67. The first-order valence-corrected chi connectivity index (χ1v) is 4.46. The molecule has 1 aliphatic rings. The third-order valence-electron chi connectivity index (χ3n) is 2.27. The summed E-state index contributed by atoms with van der Waals surface area (Å²) in [5.41, 5.74) is 0. The van der Waals surface area contributed by atoms with Crippen LogP contribution in [0.1, 0.15) is 19.3 Å². The fourth-order valence-corrected chi connectivity index (χ4v) is 1.65. The van der Waals surface area contributed by atoms with Gasteiger partial charge in [-0.15, -0.1) is 0 Å². The summed E-state index contributed by atoms with van der Waals surface area (Å²) < 4.78 is 4.66. The molecule has 0 radical (unpaired) electrons. The van der Waals surface area contributed by atoms with Gasteiger partial charge in [-0.1, -0.05) is 13.2 Å². The van der Waals surface area contributed by atoms with E-state index in [2.05, 4.69) is 22.8 Å². The van der Waals surface area contributed by atoms with E-state index in [-0.39, 0.29) is 12.0 Å². The molecule has 1 saturated heterocycles. The Hall–Kier alpha value is -1.25. The highest BCUT2D eigenvalue weighted by Crippen LogP contribution is 2.20. The van der Waals surface area contributed by atoms with Crippen LogP contribution in [0.4, 0.5) is 0 Å². The number of hydrogen-bond acceptors (Lipinski definition) is 3. The van der Waals surface area contributed by atoms with Gasteiger partial charge in [0.25, 0.3) is 0 Å². The van der Waals surface area contributed by atoms with Crippen molar-refractivity contribution in [3.63, 3.8) is 0 Å². The second-order valence-electron chi connectivity index (χ2n) is 3.08. The van der Waals surface area contributed by atoms with E-state index < -0.39 is 0 Å². The Kier molecular flexibility index (Phi) is 3.55. The Labute approximate surface area is 78.7 Å². The maximum atomic E-state index is 11.1. The molecule has 0 N–H and O–H groups in total. The van der Waals surface area contributed by atoms with Gasteiger partial charge in [0.05, 0.1) is 12.7 Å². The monoisotopic (exact) mass is 181 g/mol. The van der Waals surface area contributed by atoms with Crippen molar-refractivity contribution in [3.8, 4) is 0 Å². The molecule has 0 saturated carbocycles. The summed E-state index contributed by atoms with van der Waals surface area (Å²) in [7, 11) is 0. The van der Waals surface area contributed by atoms with E-state index in [0.29, 0.717) is 6.42 Å². The Balaban J connectivity index is 2.38. The SMILES string of the molecule is C=COC(=O)CC1CCCN1C=C. The molecule has 1 rings (SSSR count). The number of likely N-dealkylation sites (tertiary alicyclic amines) is 1. The van der Waals surface area contributed by atoms with Crippen LogP contribution in [0.2, 0.25) is 0 Å². The topological polar surface area (TPSA) is 29.5 Å². The van der Waals surface area contributed by atoms with Gasteiger partial charge in [-0.25, -0.2) is 0 Å². The van der Waals surface area contributed by atoms with Gasteiger partial charge in [0.1, 0.15) is 0 Å². The smallest absolute Gasteiger partial charge is 0.312 e. The highest BCUT2D eigenvalue weighted by Gasteiger charge is 2.24. The average Bonchev–Trinajstić information content (AvgIpc) is 2.52. The molecule has 1 aliphatic heterocycles. The number of hydrogen-bond donors (Lipinski definition) is 0. The highest BCUT2D eigenvalue weighted by atomic mass is 16.5. The number of esters is 1. The number of nitrogens with zero attached hydrogens (tertiary/aromatic N) is 1. The van der Waals surface area contributed by atoms with Gasteiger partial charge in [-0.2, -0.15) is 0 Å². The Morgan fingerprint density at radius 3 is 3.00 bits per heavy atom. The van der Waals surface area contributed by atoms with Crippen molar-refractivity contribution in [1.29, 1.82) is 0 Å². The molecule has 0 aromatic rings. The Morgan fingerprint density at radius 1 is 1.62 bits per heavy atom. The molecular formula is C10H15NO2. The molecule has 1 heterocycles. The van der Waals surface area contributed by atoms with Crippen LogP contribution in [0.25, 0.3) is 0 Å². The largest absolute Gasteiger partial charge is 0.435 e. The van der Waals surface area contributed by atoms with Crippen LogP contribution in [0.5, 0.6) is 0 Å². The lowest BCUT2D eigenvalue weighted by atomic mass is 10.1. The van der Waals surface area contributed by atoms with Gasteiger partial charge in [-0.05, 0) is 19.0 Å². The number of ether oxygens (including phenoxy) is 1. The highest BCUT2D eigenvalue weighted by molar-refractivity contribution is 5.70. The molecule has 0 amide bonds. The third kappa shape index (κ3) is 2.61. The summed E-state index contributed by atoms with van der Waals surface area (Å²) in [6, 6.07) is 0.268. The molecule has 1 fully saturated rings. The van der Waals surface area contributed by atoms with Crippen LogP contribution in [0.15, 0.2) is 25.6 Å². The van der Waals surface area contributed by atoms with E-state index in [0.717, 1.165) is 19.4 Å². The lowest BCUT2D eigenvalue weighted by Gasteiger charge is -2.20. The standard InChI is InChI=1S/C10H15NO2/c1-3-11-7-5-6-9(11)8-10(12)13-4-2/h3-4,9H,1-2,5-8H2. The molecule has 0 spiro atoms. The number of carbonyl (C=O) groups excluding carboxylic acids is 1. The molecule has 0 aliphatic carbocycles. The van der Waals surface area contributed by atoms with Gasteiger partial charge in [0, 0.05) is 12.6 Å². The molecule has 1 atom stereocenters. The van der Waals surface area contributed by atoms with Gasteiger partial charge in [0.2, 0.25) is 0 Å². The van der Waals surface area contributed by atoms with Crippen molar-refractivity contribution < 1.29 is 9.53 Å². The van der Waals surface area contributed by atoms with Crippen LogP contribution in [-0.2, 0) is 9.53 Å². The minimum atomic E-state index is -0.214. The first-order valence-electron chi connectivity index (χ1n) is 4.46. The number of carbonyl (C=O) groups is 1. The zero-order valence-electron chi connectivity index (χ0n) is 7.74. The van der Waals surface area contributed by atoms with Crippen LogP contribution in [0.3, 0.4) is 0 Å². The van der Waals surface area contributed by atoms with Crippen LogP contribution in [-0.4, -0.2) is 23.5 Å². The van der Waals surface area contributed by atoms with Crippen molar-refractivity contribution >= 4 is 5.97 Å². The Bertz CT molecular complexity index is 213. The minimum Gasteiger partial charge on any atom is -0.435 e. The van der Waals surface area contributed by atoms with Gasteiger partial charge < -0.3 is 9.64 Å². The molecule has 13 heavy (non-hydrogen) atoms. The van der Waals surface area contributed by atoms with E-state index >= 15 is 0 Å². The van der Waals surface area contributed by atoms with E-state index in [1.54, 1.807) is 6.20 Å². The summed E-state index contributed by atoms with van der Waals surface area (Å²) in [5.74, 6) is -0.214. The summed E-state index contributed by atoms with van der Waals surface area (Å²) in [6.45, 7) is 8.03. The predicted molar refractivity (Wildman–Crippen MR) is 50.8 cm³/mol. The van der Waals surface area contributed by atoms with Crippen LogP contribution >= 0.6 is 0 Å². The second kappa shape index (κ2) is 4.70. The summed E-state index contributed by atoms with van der Waals surface area (Å²) in [6.07, 6.45) is 5.56. The molecule has 0 aromatic carbocycles. The Morgan fingerprint density at radius 2 is 2.38 bits per heavy atom. The zero-order valence-corrected chi connectivity index (χ0v) is 7.74. The van der Waals surface area contributed by atoms with Crippen LogP contribution < -0.4 is 0 Å². The van der Waals surface area contributed by atoms with Gasteiger partial charge in [0.15, 0.2) is 0 Å². The first kappa shape index (κ1) is 9.84. The van der Waals surface area contributed by atoms with Crippen molar-refractivity contribution in [1.82, 2.24) is 4.90 Å². The molecule has 0 aromatic heterocycles. The summed E-state index contributed by atoms with van der Waals surface area (Å²) in [4.78, 5) is 13.2. The number of rotatable bonds is 4. The maximum absolute atomic E-state index is 11.1. The minimum absolute atomic E-state index is 0.214. The van der Waals surface area contributed by atoms with Crippen molar-refractivity contribution in [2.24, 2.45) is 0 Å². The van der Waals surface area contributed by atoms with Crippen LogP contribution in [0, 0.1) is 0 Å². The van der Waals surface area contributed by atoms with E-state index in [1.807, 2.05) is 0 Å². The average molecular weight is 181 g/mol. The molecule has 3 nitrogen and oxygen atoms in total. The molecule has 3 heteroatoms. The van der Waals surface area contributed by atoms with Crippen molar-refractivity contribution in [3.05, 3.63) is 25.6 Å². The lowest BCUT2D eigenvalue weighted by molar-refractivity contribution is -0.138. The molecule has 0 bridgehead atoms. The fraction of sp³-hybridized carbons (Fsp3) is 0.500. The van der Waals surface area contributed by atoms with Gasteiger partial charge >= 0.3 is 5.97 Å². The maximum Gasteiger partial charge on any atom is 0.312 e. The third-order valence-corrected chi connectivity index (χ3v) is 2.27. The van der Waals surface area contributed by atoms with Crippen molar-refractivity contribution in [2.75, 3.05) is 6.54 Å². The lowest BCUT2D eigenvalue weighted by Crippen LogP contribution is -2.26.